The smallest absolute Gasteiger partial charge is 0.306 e. The van der Waals surface area contributed by atoms with Crippen LogP contribution in [0.4, 0.5) is 5.69 Å². The fourth-order valence-electron chi connectivity index (χ4n) is 1.94. The van der Waals surface area contributed by atoms with Gasteiger partial charge in [-0.1, -0.05) is 20.8 Å². The lowest BCUT2D eigenvalue weighted by Gasteiger charge is -2.37. The minimum Gasteiger partial charge on any atom is -0.542 e. The fraction of sp³-hybridized carbons (Fsp3) is 0.556. The van der Waals surface area contributed by atoms with Gasteiger partial charge in [-0.3, -0.25) is 9.59 Å². The number of carboxylic acids is 1. The van der Waals surface area contributed by atoms with Crippen LogP contribution < -0.4 is 19.2 Å². The third-order valence-corrected chi connectivity index (χ3v) is 8.93. The molecule has 0 spiro atoms. The van der Waals surface area contributed by atoms with Crippen LogP contribution in [-0.4, -0.2) is 50.7 Å². The van der Waals surface area contributed by atoms with E-state index in [4.69, 9.17) is 19.0 Å². The summed E-state index contributed by atoms with van der Waals surface area (Å²) in [4.78, 5) is 22.9. The maximum atomic E-state index is 12.2. The number of amides is 1. The van der Waals surface area contributed by atoms with E-state index in [1.54, 1.807) is 6.07 Å². The summed E-state index contributed by atoms with van der Waals surface area (Å²) >= 11 is 0. The summed E-state index contributed by atoms with van der Waals surface area (Å²) < 4.78 is 16.9. The second kappa shape index (κ2) is 8.62. The predicted octanol–water partition coefficient (Wildman–Crippen LogP) is 2.86. The first-order valence-corrected chi connectivity index (χ1v) is 11.4. The maximum Gasteiger partial charge on any atom is 0.306 e. The molecule has 1 rings (SSSR count). The molecule has 0 fully saturated rings. The first-order chi connectivity index (χ1) is 12.3. The minimum absolute atomic E-state index is 0.0930. The molecule has 0 aromatic heterocycles. The fourth-order valence-corrected chi connectivity index (χ4v) is 2.97. The molecule has 1 atom stereocenters. The molecule has 0 saturated carbocycles. The number of hydrogen-bond acceptors (Lipinski definition) is 6. The molecule has 0 unspecified atom stereocenters. The number of nitrogens with one attached hydrogen (secondary N) is 1. The van der Waals surface area contributed by atoms with Crippen molar-refractivity contribution in [1.82, 2.24) is 0 Å². The van der Waals surface area contributed by atoms with Crippen molar-refractivity contribution < 1.29 is 33.7 Å². The Kier molecular flexibility index (Phi) is 7.27. The molecule has 152 valence electrons. The van der Waals surface area contributed by atoms with Gasteiger partial charge in [0.1, 0.15) is 11.9 Å². The van der Waals surface area contributed by atoms with Crippen molar-refractivity contribution in [2.45, 2.75) is 51.4 Å². The molecule has 0 radical (unpaired) electrons. The second-order valence-electron chi connectivity index (χ2n) is 7.67. The number of anilines is 1. The van der Waals surface area contributed by atoms with Crippen molar-refractivity contribution in [3.8, 4) is 17.2 Å². The number of methoxy groups -OCH3 is 2. The van der Waals surface area contributed by atoms with Gasteiger partial charge in [0.2, 0.25) is 0 Å². The average Bonchev–Trinajstić information content (AvgIpc) is 2.53. The highest BCUT2D eigenvalue weighted by molar-refractivity contribution is 6.74. The highest BCUT2D eigenvalue weighted by Gasteiger charge is 2.39. The van der Waals surface area contributed by atoms with E-state index in [1.807, 2.05) is 0 Å². The maximum absolute atomic E-state index is 12.2. The number of ether oxygens (including phenoxy) is 2. The van der Waals surface area contributed by atoms with E-state index in [-0.39, 0.29) is 10.7 Å². The van der Waals surface area contributed by atoms with Crippen molar-refractivity contribution in [2.75, 3.05) is 19.5 Å². The van der Waals surface area contributed by atoms with Crippen LogP contribution in [0.15, 0.2) is 12.1 Å². The Morgan fingerprint density at radius 3 is 2.07 bits per heavy atom. The van der Waals surface area contributed by atoms with Gasteiger partial charge < -0.3 is 29.4 Å². The number of carbonyl (C=O) groups excluding carboxylic acids is 1. The normalized spacial score (nSPS) is 12.9. The highest BCUT2D eigenvalue weighted by Crippen LogP contribution is 2.43. The summed E-state index contributed by atoms with van der Waals surface area (Å²) in [6.45, 7) is 10.3. The summed E-state index contributed by atoms with van der Waals surface area (Å²) in [5.74, 6) is -0.957. The molecule has 0 bridgehead atoms. The second-order valence-corrected chi connectivity index (χ2v) is 12.4. The number of rotatable bonds is 8. The monoisotopic (exact) mass is 399 g/mol. The number of hydrogen-bond donors (Lipinski definition) is 3. The number of carbonyl (C=O) groups is 2. The van der Waals surface area contributed by atoms with Crippen LogP contribution in [0.5, 0.6) is 17.2 Å². The average molecular weight is 400 g/mol. The van der Waals surface area contributed by atoms with E-state index in [2.05, 4.69) is 39.2 Å². The molecule has 8 nitrogen and oxygen atoms in total. The Morgan fingerprint density at radius 2 is 1.63 bits per heavy atom. The van der Waals surface area contributed by atoms with Crippen LogP contribution in [0, 0.1) is 0 Å². The van der Waals surface area contributed by atoms with Crippen LogP contribution in [-0.2, 0) is 9.59 Å². The third kappa shape index (κ3) is 5.86. The van der Waals surface area contributed by atoms with Gasteiger partial charge in [-0.05, 0) is 18.1 Å². The minimum atomic E-state index is -2.25. The van der Waals surface area contributed by atoms with E-state index < -0.39 is 32.7 Å². The van der Waals surface area contributed by atoms with E-state index in [9.17, 15) is 14.7 Å². The summed E-state index contributed by atoms with van der Waals surface area (Å²) in [5.41, 5.74) is 0.270. The summed E-state index contributed by atoms with van der Waals surface area (Å²) in [7, 11) is 0.695. The third-order valence-electron chi connectivity index (χ3n) is 4.59. The van der Waals surface area contributed by atoms with Crippen LogP contribution in [0.3, 0.4) is 0 Å². The molecule has 27 heavy (non-hydrogen) atoms. The van der Waals surface area contributed by atoms with Gasteiger partial charge in [-0.25, -0.2) is 0 Å². The Morgan fingerprint density at radius 1 is 1.11 bits per heavy atom. The lowest BCUT2D eigenvalue weighted by Crippen LogP contribution is -2.44. The Balaban J connectivity index is 3.31. The molecule has 1 aromatic rings. The summed E-state index contributed by atoms with van der Waals surface area (Å²) in [5, 5.41) is 20.9. The number of aliphatic hydroxyl groups excluding tert-OH is 1. The van der Waals surface area contributed by atoms with Gasteiger partial charge in [0.05, 0.1) is 26.3 Å². The van der Waals surface area contributed by atoms with Crippen molar-refractivity contribution in [3.05, 3.63) is 12.1 Å². The molecule has 0 aliphatic heterocycles. The zero-order valence-corrected chi connectivity index (χ0v) is 17.9. The molecule has 0 heterocycles. The topological polar surface area (TPSA) is 114 Å². The van der Waals surface area contributed by atoms with E-state index >= 15 is 0 Å². The Hall–Kier alpha value is -2.26. The lowest BCUT2D eigenvalue weighted by molar-refractivity contribution is -0.142. The van der Waals surface area contributed by atoms with Gasteiger partial charge in [0, 0.05) is 12.1 Å². The first kappa shape index (κ1) is 22.8. The Labute approximate surface area is 160 Å². The Bertz CT molecular complexity index is 698. The van der Waals surface area contributed by atoms with Crippen molar-refractivity contribution in [3.63, 3.8) is 0 Å². The van der Waals surface area contributed by atoms with Crippen molar-refractivity contribution in [1.29, 1.82) is 0 Å². The standard InChI is InChI=1S/C18H29NO7Si/c1-18(2,3)27(6,7)26-13-10-15(25-5)14(24-4)8-11(13)19-17(23)12(20)9-16(21)22/h8,10,12,20H,9H2,1-7H3,(H,19,23)(H,21,22)/t12-/m0/s1. The molecule has 1 aromatic carbocycles. The first-order valence-electron chi connectivity index (χ1n) is 8.48. The molecule has 3 N–H and O–H groups in total. The molecule has 0 saturated heterocycles. The molecule has 0 aliphatic rings. The summed E-state index contributed by atoms with van der Waals surface area (Å²) in [6, 6.07) is 3.13. The quantitative estimate of drug-likeness (QED) is 0.576. The van der Waals surface area contributed by atoms with E-state index in [0.717, 1.165) is 0 Å². The highest BCUT2D eigenvalue weighted by atomic mass is 28.4. The zero-order chi connectivity index (χ0) is 21.0. The van der Waals surface area contributed by atoms with Crippen LogP contribution in [0.1, 0.15) is 27.2 Å². The van der Waals surface area contributed by atoms with Crippen molar-refractivity contribution in [2.24, 2.45) is 0 Å². The number of aliphatic hydroxyl groups is 1. The van der Waals surface area contributed by atoms with Crippen molar-refractivity contribution >= 4 is 25.9 Å². The number of aliphatic carboxylic acids is 1. The predicted molar refractivity (Wildman–Crippen MR) is 104 cm³/mol. The van der Waals surface area contributed by atoms with Gasteiger partial charge in [-0.2, -0.15) is 0 Å². The SMILES string of the molecule is COc1cc(NC(=O)[C@@H](O)CC(=O)O)c(O[Si](C)(C)C(C)(C)C)cc1OC. The molecule has 1 amide bonds. The van der Waals surface area contributed by atoms with Gasteiger partial charge >= 0.3 is 5.97 Å². The number of carboxylic acid groups (broad SMARTS) is 1. The van der Waals surface area contributed by atoms with Gasteiger partial charge in [0.15, 0.2) is 11.5 Å². The van der Waals surface area contributed by atoms with Crippen LogP contribution >= 0.6 is 0 Å². The van der Waals surface area contributed by atoms with Gasteiger partial charge in [0.25, 0.3) is 14.2 Å². The largest absolute Gasteiger partial charge is 0.542 e. The molecule has 9 heteroatoms. The molecule has 0 aliphatic carbocycles. The molecular weight excluding hydrogens is 370 g/mol. The van der Waals surface area contributed by atoms with E-state index in [0.29, 0.717) is 17.2 Å². The number of benzene rings is 1. The van der Waals surface area contributed by atoms with Crippen LogP contribution in [0.25, 0.3) is 0 Å². The van der Waals surface area contributed by atoms with E-state index in [1.165, 1.54) is 20.3 Å². The van der Waals surface area contributed by atoms with Crippen LogP contribution in [0.2, 0.25) is 18.1 Å². The molecular formula is C18H29NO7Si. The summed E-state index contributed by atoms with van der Waals surface area (Å²) in [6.07, 6.45) is -2.38. The lowest BCUT2D eigenvalue weighted by atomic mass is 10.2. The zero-order valence-electron chi connectivity index (χ0n) is 16.9. The van der Waals surface area contributed by atoms with Gasteiger partial charge in [-0.15, -0.1) is 0 Å².